The van der Waals surface area contributed by atoms with Crippen LogP contribution >= 0.6 is 0 Å². The van der Waals surface area contributed by atoms with Gasteiger partial charge in [0.15, 0.2) is 0 Å². The lowest BCUT2D eigenvalue weighted by molar-refractivity contribution is 0.127. The van der Waals surface area contributed by atoms with Gasteiger partial charge in [0.05, 0.1) is 12.7 Å². The average molecular weight is 118 g/mol. The average Bonchev–Trinajstić information content (AvgIpc) is 2.24. The van der Waals surface area contributed by atoms with E-state index in [2.05, 4.69) is 0 Å². The summed E-state index contributed by atoms with van der Waals surface area (Å²) in [5, 5.41) is 8.60. The first-order valence-corrected chi connectivity index (χ1v) is 3.15. The van der Waals surface area contributed by atoms with Crippen LogP contribution in [0.25, 0.3) is 0 Å². The third kappa shape index (κ3) is 2.99. The maximum absolute atomic E-state index is 8.60. The molecule has 1 aliphatic heterocycles. The van der Waals surface area contributed by atoms with Crippen molar-refractivity contribution in [1.29, 1.82) is 0 Å². The Morgan fingerprint density at radius 2 is 2.12 bits per heavy atom. The monoisotopic (exact) mass is 118 g/mol. The van der Waals surface area contributed by atoms with Crippen LogP contribution in [0.5, 0.6) is 0 Å². The summed E-state index contributed by atoms with van der Waals surface area (Å²) in [5.74, 6) is 0. The van der Waals surface area contributed by atoms with E-state index in [0.29, 0.717) is 6.61 Å². The fraction of sp³-hybridized carbons (Fsp3) is 1.00. The Hall–Kier alpha value is -0.0800. The highest BCUT2D eigenvalue weighted by atomic mass is 16.5. The van der Waals surface area contributed by atoms with Crippen molar-refractivity contribution in [3.8, 4) is 0 Å². The first-order chi connectivity index (χ1) is 3.89. The SMILES string of the molecule is CC.O[C@H]1CCOC1. The van der Waals surface area contributed by atoms with Crippen LogP contribution in [-0.2, 0) is 4.74 Å². The molecule has 1 fully saturated rings. The molecule has 0 bridgehead atoms. The minimum atomic E-state index is -0.176. The van der Waals surface area contributed by atoms with Crippen LogP contribution in [0.1, 0.15) is 20.3 Å². The Morgan fingerprint density at radius 1 is 1.50 bits per heavy atom. The topological polar surface area (TPSA) is 29.5 Å². The van der Waals surface area contributed by atoms with Crippen molar-refractivity contribution < 1.29 is 9.84 Å². The van der Waals surface area contributed by atoms with Gasteiger partial charge in [0.1, 0.15) is 0 Å². The highest BCUT2D eigenvalue weighted by Gasteiger charge is 2.09. The van der Waals surface area contributed by atoms with Gasteiger partial charge in [-0.2, -0.15) is 0 Å². The summed E-state index contributed by atoms with van der Waals surface area (Å²) in [4.78, 5) is 0. The summed E-state index contributed by atoms with van der Waals surface area (Å²) >= 11 is 0. The van der Waals surface area contributed by atoms with E-state index in [1.165, 1.54) is 0 Å². The highest BCUT2D eigenvalue weighted by molar-refractivity contribution is 4.58. The fourth-order valence-corrected chi connectivity index (χ4v) is 0.522. The first-order valence-electron chi connectivity index (χ1n) is 3.15. The van der Waals surface area contributed by atoms with E-state index in [0.717, 1.165) is 13.0 Å². The van der Waals surface area contributed by atoms with Crippen molar-refractivity contribution in [2.45, 2.75) is 26.4 Å². The second-order valence-electron chi connectivity index (χ2n) is 1.52. The number of aliphatic hydroxyl groups is 1. The molecular weight excluding hydrogens is 104 g/mol. The Labute approximate surface area is 50.5 Å². The molecule has 2 nitrogen and oxygen atoms in total. The van der Waals surface area contributed by atoms with E-state index >= 15 is 0 Å². The van der Waals surface area contributed by atoms with Gasteiger partial charge in [0.2, 0.25) is 0 Å². The smallest absolute Gasteiger partial charge is 0.0795 e. The summed E-state index contributed by atoms with van der Waals surface area (Å²) in [5.41, 5.74) is 0. The van der Waals surface area contributed by atoms with Gasteiger partial charge in [-0.15, -0.1) is 0 Å². The maximum Gasteiger partial charge on any atom is 0.0795 e. The van der Waals surface area contributed by atoms with Crippen LogP contribution in [-0.4, -0.2) is 24.4 Å². The lowest BCUT2D eigenvalue weighted by Gasteiger charge is -1.89. The van der Waals surface area contributed by atoms with E-state index in [1.807, 2.05) is 13.8 Å². The predicted octanol–water partition coefficient (Wildman–Crippen LogP) is 0.794. The zero-order valence-corrected chi connectivity index (χ0v) is 5.55. The van der Waals surface area contributed by atoms with Crippen LogP contribution in [0.3, 0.4) is 0 Å². The van der Waals surface area contributed by atoms with Gasteiger partial charge >= 0.3 is 0 Å². The van der Waals surface area contributed by atoms with E-state index in [1.54, 1.807) is 0 Å². The number of aliphatic hydroxyl groups excluding tert-OH is 1. The molecule has 1 saturated heterocycles. The van der Waals surface area contributed by atoms with Crippen LogP contribution < -0.4 is 0 Å². The zero-order valence-electron chi connectivity index (χ0n) is 5.55. The number of hydrogen-bond donors (Lipinski definition) is 1. The van der Waals surface area contributed by atoms with Gasteiger partial charge in [-0.25, -0.2) is 0 Å². The van der Waals surface area contributed by atoms with Crippen molar-refractivity contribution in [3.05, 3.63) is 0 Å². The molecule has 0 aromatic rings. The molecule has 8 heavy (non-hydrogen) atoms. The summed E-state index contributed by atoms with van der Waals surface area (Å²) in [6, 6.07) is 0. The Morgan fingerprint density at radius 3 is 2.25 bits per heavy atom. The molecule has 0 radical (unpaired) electrons. The number of hydrogen-bond acceptors (Lipinski definition) is 2. The third-order valence-electron chi connectivity index (χ3n) is 0.906. The van der Waals surface area contributed by atoms with Gasteiger partial charge in [-0.05, 0) is 6.42 Å². The van der Waals surface area contributed by atoms with Crippen molar-refractivity contribution in [2.75, 3.05) is 13.2 Å². The molecule has 0 saturated carbocycles. The molecule has 0 aromatic carbocycles. The van der Waals surface area contributed by atoms with Gasteiger partial charge < -0.3 is 9.84 Å². The second kappa shape index (κ2) is 5.06. The third-order valence-corrected chi connectivity index (χ3v) is 0.906. The lowest BCUT2D eigenvalue weighted by atomic mass is 10.3. The van der Waals surface area contributed by atoms with Gasteiger partial charge in [0, 0.05) is 6.61 Å². The van der Waals surface area contributed by atoms with E-state index in [-0.39, 0.29) is 6.10 Å². The Bertz CT molecular complexity index is 39.8. The minimum absolute atomic E-state index is 0.176. The standard InChI is InChI=1S/C4H8O2.C2H6/c5-4-1-2-6-3-4;1-2/h4-5H,1-3H2;1-2H3/t4-;/m0./s1. The molecule has 2 heteroatoms. The van der Waals surface area contributed by atoms with Gasteiger partial charge in [-0.1, -0.05) is 13.8 Å². The van der Waals surface area contributed by atoms with Crippen molar-refractivity contribution in [3.63, 3.8) is 0 Å². The van der Waals surface area contributed by atoms with Crippen molar-refractivity contribution in [2.24, 2.45) is 0 Å². The van der Waals surface area contributed by atoms with E-state index in [9.17, 15) is 0 Å². The van der Waals surface area contributed by atoms with Crippen LogP contribution in [0.4, 0.5) is 0 Å². The molecule has 0 aliphatic carbocycles. The normalized spacial score (nSPS) is 26.6. The van der Waals surface area contributed by atoms with E-state index in [4.69, 9.17) is 9.84 Å². The van der Waals surface area contributed by atoms with Crippen LogP contribution in [0, 0.1) is 0 Å². The molecule has 50 valence electrons. The van der Waals surface area contributed by atoms with Gasteiger partial charge in [0.25, 0.3) is 0 Å². The second-order valence-corrected chi connectivity index (χ2v) is 1.52. The fourth-order valence-electron chi connectivity index (χ4n) is 0.522. The molecule has 1 N–H and O–H groups in total. The Balaban J connectivity index is 0.000000222. The van der Waals surface area contributed by atoms with Crippen LogP contribution in [0.15, 0.2) is 0 Å². The largest absolute Gasteiger partial charge is 0.391 e. The molecule has 1 aliphatic rings. The lowest BCUT2D eigenvalue weighted by Crippen LogP contribution is -2.02. The molecular formula is C6H14O2. The van der Waals surface area contributed by atoms with Crippen LogP contribution in [0.2, 0.25) is 0 Å². The highest BCUT2D eigenvalue weighted by Crippen LogP contribution is 2.00. The predicted molar refractivity (Wildman–Crippen MR) is 32.8 cm³/mol. The zero-order chi connectivity index (χ0) is 6.41. The molecule has 0 aromatic heterocycles. The molecule has 0 unspecified atom stereocenters. The van der Waals surface area contributed by atoms with E-state index < -0.39 is 0 Å². The van der Waals surface area contributed by atoms with Crippen molar-refractivity contribution in [1.82, 2.24) is 0 Å². The maximum atomic E-state index is 8.60. The molecule has 1 atom stereocenters. The summed E-state index contributed by atoms with van der Waals surface area (Å²) < 4.78 is 4.81. The Kier molecular flexibility index (Phi) is 5.01. The summed E-state index contributed by atoms with van der Waals surface area (Å²) in [7, 11) is 0. The molecule has 1 rings (SSSR count). The molecule has 0 amide bonds. The van der Waals surface area contributed by atoms with Crippen molar-refractivity contribution >= 4 is 0 Å². The quantitative estimate of drug-likeness (QED) is 0.509. The molecule has 0 spiro atoms. The summed E-state index contributed by atoms with van der Waals surface area (Å²) in [6.07, 6.45) is 0.644. The number of ether oxygens (including phenoxy) is 1. The number of rotatable bonds is 0. The molecule has 1 heterocycles. The first kappa shape index (κ1) is 7.92. The minimum Gasteiger partial charge on any atom is -0.391 e. The van der Waals surface area contributed by atoms with Gasteiger partial charge in [-0.3, -0.25) is 0 Å². The summed E-state index contributed by atoms with van der Waals surface area (Å²) in [6.45, 7) is 5.28.